The van der Waals surface area contributed by atoms with Crippen molar-refractivity contribution >= 4 is 17.9 Å². The molecule has 0 spiro atoms. The fourth-order valence-corrected chi connectivity index (χ4v) is 8.96. The molecule has 1 unspecified atom stereocenters. The van der Waals surface area contributed by atoms with E-state index in [1.165, 1.54) is 173 Å². The number of hydrogen-bond donors (Lipinski definition) is 0. The zero-order valence-electron chi connectivity index (χ0n) is 48.8. The van der Waals surface area contributed by atoms with E-state index >= 15 is 0 Å². The number of rotatable bonds is 57. The topological polar surface area (TPSA) is 78.9 Å². The van der Waals surface area contributed by atoms with Gasteiger partial charge >= 0.3 is 17.9 Å². The van der Waals surface area contributed by atoms with E-state index in [1.54, 1.807) is 0 Å². The summed E-state index contributed by atoms with van der Waals surface area (Å²) in [6.07, 6.45) is 82.2. The lowest BCUT2D eigenvalue weighted by atomic mass is 10.0. The smallest absolute Gasteiger partial charge is 0.306 e. The van der Waals surface area contributed by atoms with Crippen molar-refractivity contribution in [2.24, 2.45) is 0 Å². The Bertz CT molecular complexity index is 1420. The summed E-state index contributed by atoms with van der Waals surface area (Å²) in [5.41, 5.74) is 0. The molecule has 0 aliphatic rings. The quantitative estimate of drug-likeness (QED) is 0.0261. The number of esters is 3. The van der Waals surface area contributed by atoms with E-state index in [1.807, 2.05) is 0 Å². The third-order valence-corrected chi connectivity index (χ3v) is 13.7. The maximum atomic E-state index is 12.8. The molecule has 0 N–H and O–H groups in total. The molecule has 0 bridgehead atoms. The number of unbranched alkanes of at least 4 members (excludes halogenated alkanes) is 32. The van der Waals surface area contributed by atoms with E-state index in [0.29, 0.717) is 19.3 Å². The molecular formula is C68H118O6. The first-order valence-electron chi connectivity index (χ1n) is 31.6. The van der Waals surface area contributed by atoms with Gasteiger partial charge in [-0.15, -0.1) is 0 Å². The Labute approximate surface area is 458 Å². The lowest BCUT2D eigenvalue weighted by molar-refractivity contribution is -0.167. The van der Waals surface area contributed by atoms with Crippen molar-refractivity contribution in [1.29, 1.82) is 0 Å². The Morgan fingerprint density at radius 2 is 0.527 bits per heavy atom. The van der Waals surface area contributed by atoms with Crippen LogP contribution in [-0.4, -0.2) is 37.2 Å². The number of hydrogen-bond acceptors (Lipinski definition) is 6. The van der Waals surface area contributed by atoms with Gasteiger partial charge in [-0.05, 0) is 70.6 Å². The predicted octanol–water partition coefficient (Wildman–Crippen LogP) is 21.5. The van der Waals surface area contributed by atoms with E-state index in [-0.39, 0.29) is 37.5 Å². The van der Waals surface area contributed by atoms with Gasteiger partial charge in [-0.2, -0.15) is 0 Å². The Balaban J connectivity index is 4.14. The second kappa shape index (κ2) is 62.1. The van der Waals surface area contributed by atoms with Crippen LogP contribution < -0.4 is 0 Å². The highest BCUT2D eigenvalue weighted by atomic mass is 16.6. The zero-order valence-corrected chi connectivity index (χ0v) is 48.8. The molecule has 0 aromatic carbocycles. The average Bonchev–Trinajstić information content (AvgIpc) is 3.40. The summed E-state index contributed by atoms with van der Waals surface area (Å²) in [5, 5.41) is 0. The van der Waals surface area contributed by atoms with Gasteiger partial charge in [-0.1, -0.05) is 305 Å². The molecule has 0 fully saturated rings. The largest absolute Gasteiger partial charge is 0.462 e. The molecule has 0 aliphatic heterocycles. The van der Waals surface area contributed by atoms with E-state index in [0.717, 1.165) is 89.9 Å². The molecule has 426 valence electrons. The lowest BCUT2D eigenvalue weighted by Crippen LogP contribution is -2.30. The molecule has 0 saturated carbocycles. The molecule has 0 amide bonds. The molecule has 1 atom stereocenters. The third-order valence-electron chi connectivity index (χ3n) is 13.7. The second-order valence-electron chi connectivity index (χ2n) is 21.0. The van der Waals surface area contributed by atoms with Crippen molar-refractivity contribution in [3.63, 3.8) is 0 Å². The maximum Gasteiger partial charge on any atom is 0.306 e. The highest BCUT2D eigenvalue weighted by Crippen LogP contribution is 2.17. The summed E-state index contributed by atoms with van der Waals surface area (Å²) in [5.74, 6) is -0.958. The van der Waals surface area contributed by atoms with Crippen LogP contribution in [0.5, 0.6) is 0 Å². The Morgan fingerprint density at radius 1 is 0.284 bits per heavy atom. The molecule has 0 aromatic rings. The lowest BCUT2D eigenvalue weighted by Gasteiger charge is -2.18. The molecule has 6 nitrogen and oxygen atoms in total. The van der Waals surface area contributed by atoms with Gasteiger partial charge in [0.25, 0.3) is 0 Å². The van der Waals surface area contributed by atoms with Crippen LogP contribution >= 0.6 is 0 Å². The van der Waals surface area contributed by atoms with E-state index < -0.39 is 6.10 Å². The van der Waals surface area contributed by atoms with Crippen LogP contribution in [0.3, 0.4) is 0 Å². The predicted molar refractivity (Wildman–Crippen MR) is 321 cm³/mol. The summed E-state index contributed by atoms with van der Waals surface area (Å²) in [6.45, 7) is 6.45. The monoisotopic (exact) mass is 1030 g/mol. The van der Waals surface area contributed by atoms with Crippen molar-refractivity contribution in [3.05, 3.63) is 85.1 Å². The minimum Gasteiger partial charge on any atom is -0.462 e. The highest BCUT2D eigenvalue weighted by molar-refractivity contribution is 5.71. The third kappa shape index (κ3) is 59.5. The summed E-state index contributed by atoms with van der Waals surface area (Å²) in [7, 11) is 0. The normalized spacial score (nSPS) is 12.6. The number of carbonyl (C=O) groups is 3. The van der Waals surface area contributed by atoms with Crippen molar-refractivity contribution < 1.29 is 28.6 Å². The van der Waals surface area contributed by atoms with Crippen molar-refractivity contribution in [1.82, 2.24) is 0 Å². The Hall–Kier alpha value is -3.41. The van der Waals surface area contributed by atoms with E-state index in [2.05, 4.69) is 106 Å². The maximum absolute atomic E-state index is 12.8. The van der Waals surface area contributed by atoms with Gasteiger partial charge in [-0.3, -0.25) is 14.4 Å². The summed E-state index contributed by atoms with van der Waals surface area (Å²) < 4.78 is 16.7. The minimum atomic E-state index is -0.803. The van der Waals surface area contributed by atoms with Crippen LogP contribution in [0.15, 0.2) is 85.1 Å². The van der Waals surface area contributed by atoms with Gasteiger partial charge in [0, 0.05) is 19.3 Å². The molecule has 0 heterocycles. The van der Waals surface area contributed by atoms with Crippen molar-refractivity contribution in [2.75, 3.05) is 13.2 Å². The molecule has 0 aliphatic carbocycles. The Morgan fingerprint density at radius 3 is 0.811 bits per heavy atom. The van der Waals surface area contributed by atoms with Gasteiger partial charge in [-0.25, -0.2) is 0 Å². The average molecular weight is 1030 g/mol. The van der Waals surface area contributed by atoms with Crippen LogP contribution in [0.2, 0.25) is 0 Å². The van der Waals surface area contributed by atoms with Crippen LogP contribution in [0.4, 0.5) is 0 Å². The SMILES string of the molecule is CC/C=C\C/C=C\C/C=C\C/C=C\C/C=C\C/C=C\C/C=C\CCCC(=O)OC(COC(=O)CCCCCCCC)COC(=O)CCCCCCCCCCCCCCCCCCCCCCCCCCCCC. The van der Waals surface area contributed by atoms with Gasteiger partial charge in [0.05, 0.1) is 0 Å². The fourth-order valence-electron chi connectivity index (χ4n) is 8.96. The minimum absolute atomic E-state index is 0.0970. The molecular weight excluding hydrogens is 913 g/mol. The van der Waals surface area contributed by atoms with Crippen LogP contribution in [-0.2, 0) is 28.6 Å². The van der Waals surface area contributed by atoms with E-state index in [4.69, 9.17) is 14.2 Å². The van der Waals surface area contributed by atoms with Crippen LogP contribution in [0.1, 0.15) is 310 Å². The van der Waals surface area contributed by atoms with Gasteiger partial charge in [0.15, 0.2) is 6.10 Å². The number of carbonyl (C=O) groups excluding carboxylic acids is 3. The van der Waals surface area contributed by atoms with Crippen LogP contribution in [0, 0.1) is 0 Å². The van der Waals surface area contributed by atoms with Gasteiger partial charge in [0.2, 0.25) is 0 Å². The zero-order chi connectivity index (χ0) is 53.6. The molecule has 0 radical (unpaired) electrons. The number of allylic oxidation sites excluding steroid dienone is 14. The highest BCUT2D eigenvalue weighted by Gasteiger charge is 2.19. The van der Waals surface area contributed by atoms with Crippen LogP contribution in [0.25, 0.3) is 0 Å². The number of ether oxygens (including phenoxy) is 3. The Kier molecular flexibility index (Phi) is 59.3. The van der Waals surface area contributed by atoms with Crippen molar-refractivity contribution in [3.8, 4) is 0 Å². The van der Waals surface area contributed by atoms with Gasteiger partial charge in [0.1, 0.15) is 13.2 Å². The van der Waals surface area contributed by atoms with Gasteiger partial charge < -0.3 is 14.2 Å². The summed E-state index contributed by atoms with van der Waals surface area (Å²) >= 11 is 0. The molecule has 74 heavy (non-hydrogen) atoms. The molecule has 0 rings (SSSR count). The molecule has 0 aromatic heterocycles. The summed E-state index contributed by atoms with van der Waals surface area (Å²) in [6, 6.07) is 0. The second-order valence-corrected chi connectivity index (χ2v) is 21.0. The fraction of sp³-hybridized carbons (Fsp3) is 0.750. The van der Waals surface area contributed by atoms with Crippen molar-refractivity contribution in [2.45, 2.75) is 316 Å². The molecule has 6 heteroatoms. The first-order chi connectivity index (χ1) is 36.5. The summed E-state index contributed by atoms with van der Waals surface area (Å²) in [4.78, 5) is 37.9. The standard InChI is InChI=1S/C68H118O6/c1-4-7-10-13-16-18-20-22-24-26-28-30-32-33-34-35-37-38-40-42-44-46-48-50-52-55-58-61-67(70)73-64-65(63-72-66(69)60-57-54-15-12-9-6-3)74-68(71)62-59-56-53-51-49-47-45-43-41-39-36-31-29-27-25-23-21-19-17-14-11-8-5-2/h8,11,17,19,23,25,29,31,39,41,45,47,51,53,65H,4-7,9-10,12-16,18,20-22,24,26-28,30,32-38,40,42-44,46,48-50,52,54-64H2,1-3H3/b11-8-,19-17-,25-23-,31-29-,41-39-,47-45-,53-51-. The van der Waals surface area contributed by atoms with E-state index in [9.17, 15) is 14.4 Å². The first-order valence-corrected chi connectivity index (χ1v) is 31.6. The first kappa shape index (κ1) is 70.6. The molecule has 0 saturated heterocycles.